The first-order valence-electron chi connectivity index (χ1n) is 7.38. The van der Waals surface area contributed by atoms with Crippen molar-refractivity contribution in [1.82, 2.24) is 10.3 Å². The molecule has 1 N–H and O–H groups in total. The van der Waals surface area contributed by atoms with Crippen LogP contribution in [-0.4, -0.2) is 18.1 Å². The van der Waals surface area contributed by atoms with Crippen molar-refractivity contribution in [2.45, 2.75) is 52.4 Å². The van der Waals surface area contributed by atoms with Gasteiger partial charge in [-0.15, -0.1) is 0 Å². The zero-order chi connectivity index (χ0) is 13.1. The number of hydrogen-bond donors (Lipinski definition) is 1. The minimum Gasteiger partial charge on any atom is -0.316 e. The third-order valence-corrected chi connectivity index (χ3v) is 3.20. The van der Waals surface area contributed by atoms with Crippen LogP contribution in [0, 0.1) is 5.92 Å². The quantitative estimate of drug-likeness (QED) is 0.637. The lowest BCUT2D eigenvalue weighted by molar-refractivity contribution is 0.512. The first kappa shape index (κ1) is 15.2. The summed E-state index contributed by atoms with van der Waals surface area (Å²) < 4.78 is 0. The summed E-state index contributed by atoms with van der Waals surface area (Å²) in [6.45, 7) is 6.83. The summed E-state index contributed by atoms with van der Waals surface area (Å²) in [4.78, 5) is 4.12. The highest BCUT2D eigenvalue weighted by molar-refractivity contribution is 5.08. The zero-order valence-electron chi connectivity index (χ0n) is 12.0. The maximum atomic E-state index is 4.12. The summed E-state index contributed by atoms with van der Waals surface area (Å²) in [6, 6.07) is 4.14. The van der Waals surface area contributed by atoms with Crippen LogP contribution in [0.4, 0.5) is 0 Å². The van der Waals surface area contributed by atoms with Gasteiger partial charge in [0, 0.05) is 12.4 Å². The number of rotatable bonds is 10. The Hall–Kier alpha value is -0.890. The molecule has 0 spiro atoms. The van der Waals surface area contributed by atoms with Gasteiger partial charge in [0.25, 0.3) is 0 Å². The topological polar surface area (TPSA) is 24.9 Å². The van der Waals surface area contributed by atoms with Crippen LogP contribution >= 0.6 is 0 Å². The number of aromatic nitrogens is 1. The van der Waals surface area contributed by atoms with Gasteiger partial charge in [0.15, 0.2) is 0 Å². The normalized spacial score (nSPS) is 11.1. The van der Waals surface area contributed by atoms with Crippen molar-refractivity contribution in [3.8, 4) is 0 Å². The summed E-state index contributed by atoms with van der Waals surface area (Å²) in [5.41, 5.74) is 1.32. The van der Waals surface area contributed by atoms with Gasteiger partial charge in [-0.05, 0) is 43.5 Å². The van der Waals surface area contributed by atoms with Crippen LogP contribution in [0.2, 0.25) is 0 Å². The first-order valence-corrected chi connectivity index (χ1v) is 7.38. The van der Waals surface area contributed by atoms with Gasteiger partial charge in [0.05, 0.1) is 0 Å². The Bertz CT molecular complexity index is 282. The fraction of sp³-hybridized carbons (Fsp3) is 0.688. The lowest BCUT2D eigenvalue weighted by Crippen LogP contribution is -2.18. The third-order valence-electron chi connectivity index (χ3n) is 3.20. The fourth-order valence-corrected chi connectivity index (χ4v) is 2.06. The van der Waals surface area contributed by atoms with E-state index in [0.717, 1.165) is 25.4 Å². The number of nitrogens with one attached hydrogen (secondary N) is 1. The maximum Gasteiger partial charge on any atom is 0.0300 e. The summed E-state index contributed by atoms with van der Waals surface area (Å²) in [5, 5.41) is 3.51. The maximum absolute atomic E-state index is 4.12. The highest BCUT2D eigenvalue weighted by atomic mass is 14.8. The number of unbranched alkanes of at least 4 members (excludes halogenated alkanes) is 3. The Morgan fingerprint density at radius 2 is 1.94 bits per heavy atom. The monoisotopic (exact) mass is 248 g/mol. The van der Waals surface area contributed by atoms with Crippen LogP contribution in [0.3, 0.4) is 0 Å². The van der Waals surface area contributed by atoms with E-state index in [1.54, 1.807) is 0 Å². The largest absolute Gasteiger partial charge is 0.316 e. The van der Waals surface area contributed by atoms with E-state index in [1.165, 1.54) is 37.7 Å². The van der Waals surface area contributed by atoms with Crippen LogP contribution in [0.25, 0.3) is 0 Å². The molecule has 0 atom stereocenters. The molecule has 0 fully saturated rings. The smallest absolute Gasteiger partial charge is 0.0300 e. The van der Waals surface area contributed by atoms with E-state index >= 15 is 0 Å². The van der Waals surface area contributed by atoms with Crippen molar-refractivity contribution < 1.29 is 0 Å². The molecule has 0 aromatic carbocycles. The van der Waals surface area contributed by atoms with Crippen LogP contribution in [-0.2, 0) is 6.42 Å². The van der Waals surface area contributed by atoms with Crippen molar-refractivity contribution in [1.29, 1.82) is 0 Å². The molecular weight excluding hydrogens is 220 g/mol. The Morgan fingerprint density at radius 1 is 1.11 bits per heavy atom. The SMILES string of the molecule is CC(C)CCCCCCNCCc1cccnc1. The molecule has 1 heterocycles. The van der Waals surface area contributed by atoms with Gasteiger partial charge >= 0.3 is 0 Å². The van der Waals surface area contributed by atoms with E-state index in [1.807, 2.05) is 18.5 Å². The molecule has 0 amide bonds. The van der Waals surface area contributed by atoms with Crippen molar-refractivity contribution in [3.63, 3.8) is 0 Å². The fourth-order valence-electron chi connectivity index (χ4n) is 2.06. The lowest BCUT2D eigenvalue weighted by Gasteiger charge is -2.06. The van der Waals surface area contributed by atoms with E-state index in [9.17, 15) is 0 Å². The summed E-state index contributed by atoms with van der Waals surface area (Å²) in [5.74, 6) is 0.864. The molecule has 0 aliphatic rings. The van der Waals surface area contributed by atoms with Gasteiger partial charge in [-0.1, -0.05) is 45.6 Å². The summed E-state index contributed by atoms with van der Waals surface area (Å²) >= 11 is 0. The standard InChI is InChI=1S/C16H28N2/c1-15(2)8-5-3-4-6-11-17-13-10-16-9-7-12-18-14-16/h7,9,12,14-15,17H,3-6,8,10-11,13H2,1-2H3. The van der Waals surface area contributed by atoms with E-state index in [4.69, 9.17) is 0 Å². The minimum absolute atomic E-state index is 0.864. The molecule has 0 bridgehead atoms. The van der Waals surface area contributed by atoms with Gasteiger partial charge < -0.3 is 5.32 Å². The van der Waals surface area contributed by atoms with Crippen LogP contribution in [0.15, 0.2) is 24.5 Å². The predicted molar refractivity (Wildman–Crippen MR) is 78.7 cm³/mol. The van der Waals surface area contributed by atoms with Crippen molar-refractivity contribution in [3.05, 3.63) is 30.1 Å². The molecule has 0 saturated heterocycles. The van der Waals surface area contributed by atoms with Gasteiger partial charge in [-0.3, -0.25) is 4.98 Å². The molecule has 1 aromatic heterocycles. The van der Waals surface area contributed by atoms with E-state index in [0.29, 0.717) is 0 Å². The molecule has 18 heavy (non-hydrogen) atoms. The number of nitrogens with zero attached hydrogens (tertiary/aromatic N) is 1. The average Bonchev–Trinajstić information content (AvgIpc) is 2.37. The molecule has 2 heteroatoms. The van der Waals surface area contributed by atoms with Crippen molar-refractivity contribution >= 4 is 0 Å². The van der Waals surface area contributed by atoms with Crippen LogP contribution in [0.5, 0.6) is 0 Å². The van der Waals surface area contributed by atoms with E-state index < -0.39 is 0 Å². The van der Waals surface area contributed by atoms with Crippen LogP contribution < -0.4 is 5.32 Å². The van der Waals surface area contributed by atoms with E-state index in [-0.39, 0.29) is 0 Å². The minimum atomic E-state index is 0.864. The lowest BCUT2D eigenvalue weighted by atomic mass is 10.0. The molecule has 0 aliphatic carbocycles. The molecule has 0 aliphatic heterocycles. The van der Waals surface area contributed by atoms with Crippen molar-refractivity contribution in [2.75, 3.05) is 13.1 Å². The molecule has 1 aromatic rings. The van der Waals surface area contributed by atoms with Gasteiger partial charge in [-0.25, -0.2) is 0 Å². The number of hydrogen-bond acceptors (Lipinski definition) is 2. The Morgan fingerprint density at radius 3 is 2.67 bits per heavy atom. The second-order valence-electron chi connectivity index (χ2n) is 5.46. The van der Waals surface area contributed by atoms with Gasteiger partial charge in [0.2, 0.25) is 0 Å². The average molecular weight is 248 g/mol. The molecule has 1 rings (SSSR count). The summed E-state index contributed by atoms with van der Waals surface area (Å²) in [7, 11) is 0. The summed E-state index contributed by atoms with van der Waals surface area (Å²) in [6.07, 6.45) is 11.7. The van der Waals surface area contributed by atoms with Crippen LogP contribution in [0.1, 0.15) is 51.5 Å². The molecule has 0 unspecified atom stereocenters. The highest BCUT2D eigenvalue weighted by Gasteiger charge is 1.95. The predicted octanol–water partition coefficient (Wildman–Crippen LogP) is 3.82. The van der Waals surface area contributed by atoms with E-state index in [2.05, 4.69) is 30.2 Å². The molecular formula is C16H28N2. The van der Waals surface area contributed by atoms with Crippen molar-refractivity contribution in [2.24, 2.45) is 5.92 Å². The first-order chi connectivity index (χ1) is 8.79. The van der Waals surface area contributed by atoms with Gasteiger partial charge in [-0.2, -0.15) is 0 Å². The Labute approximate surface area is 112 Å². The Kier molecular flexibility index (Phi) is 8.49. The second kappa shape index (κ2) is 10.1. The highest BCUT2D eigenvalue weighted by Crippen LogP contribution is 2.08. The third kappa shape index (κ3) is 8.24. The Balaban J connectivity index is 1.84. The van der Waals surface area contributed by atoms with Gasteiger partial charge in [0.1, 0.15) is 0 Å². The molecule has 2 nitrogen and oxygen atoms in total. The second-order valence-corrected chi connectivity index (χ2v) is 5.46. The molecule has 0 saturated carbocycles. The molecule has 0 radical (unpaired) electrons. The zero-order valence-corrected chi connectivity index (χ0v) is 12.0. The number of pyridine rings is 1. The molecule has 102 valence electrons.